The molecule has 0 saturated carbocycles. The van der Waals surface area contributed by atoms with Gasteiger partial charge >= 0.3 is 0 Å². The Bertz CT molecular complexity index is 1140. The number of methoxy groups -OCH3 is 3. The van der Waals surface area contributed by atoms with Crippen molar-refractivity contribution in [1.82, 2.24) is 4.60 Å². The predicted octanol–water partition coefficient (Wildman–Crippen LogP) is 7.70. The van der Waals surface area contributed by atoms with Gasteiger partial charge in [0, 0.05) is 0 Å². The van der Waals surface area contributed by atoms with Crippen LogP contribution in [0.5, 0.6) is 17.2 Å². The molecular weight excluding hydrogens is 545 g/mol. The maximum atomic E-state index is 6.21. The summed E-state index contributed by atoms with van der Waals surface area (Å²) in [5, 5.41) is 0. The van der Waals surface area contributed by atoms with Crippen molar-refractivity contribution in [3.8, 4) is 17.2 Å². The number of rotatable bonds is 17. The molecule has 38 heavy (non-hydrogen) atoms. The Morgan fingerprint density at radius 1 is 0.763 bits per heavy atom. The Hall–Kier alpha value is -2.18. The van der Waals surface area contributed by atoms with Crippen LogP contribution in [0.15, 0.2) is 77.3 Å². The summed E-state index contributed by atoms with van der Waals surface area (Å²) < 4.78 is 40.2. The average molecular weight is 578 g/mol. The number of hydrogen-bond donors (Lipinski definition) is 0. The first-order valence-corrected chi connectivity index (χ1v) is 14.6. The predicted molar refractivity (Wildman–Crippen MR) is 151 cm³/mol. The van der Waals surface area contributed by atoms with Gasteiger partial charge in [0.05, 0.1) is 47.8 Å². The Labute approximate surface area is 229 Å². The lowest BCUT2D eigenvalue weighted by Crippen LogP contribution is -2.10. The van der Waals surface area contributed by atoms with Gasteiger partial charge < -0.3 is 27.8 Å². The van der Waals surface area contributed by atoms with Gasteiger partial charge in [-0.15, -0.1) is 0 Å². The molecule has 0 aliphatic heterocycles. The molecule has 3 aromatic carbocycles. The summed E-state index contributed by atoms with van der Waals surface area (Å²) in [6, 6.07) is 23.2. The zero-order chi connectivity index (χ0) is 27.0. The molecule has 2 atom stereocenters. The quantitative estimate of drug-likeness (QED) is 0.119. The zero-order valence-electron chi connectivity index (χ0n) is 21.9. The standard InChI is InChI=1S/C26H33N2O7P3/c1-5-32-28(37-34-19-22-10-7-13-25(16-22)30-3)38(35-20-23-11-8-14-26(17-23)31-4)27-36-33-18-21-9-6-12-24(15-21)29-2/h6-17,37H,5,18-20H2,1-4H3. The van der Waals surface area contributed by atoms with E-state index in [1.165, 1.54) is 0 Å². The van der Waals surface area contributed by atoms with E-state index in [2.05, 4.69) is 4.52 Å². The number of ether oxygens (including phenoxy) is 3. The third-order valence-electron chi connectivity index (χ3n) is 4.94. The maximum Gasteiger partial charge on any atom is 0.275 e. The van der Waals surface area contributed by atoms with Crippen molar-refractivity contribution in [3.63, 3.8) is 0 Å². The monoisotopic (exact) mass is 578 g/mol. The molecule has 3 rings (SSSR count). The lowest BCUT2D eigenvalue weighted by molar-refractivity contribution is -0.0166. The first-order valence-electron chi connectivity index (χ1n) is 11.8. The van der Waals surface area contributed by atoms with Crippen LogP contribution in [0, 0.1) is 0 Å². The van der Waals surface area contributed by atoms with E-state index < -0.39 is 8.45 Å². The van der Waals surface area contributed by atoms with Gasteiger partial charge in [0.15, 0.2) is 8.60 Å². The van der Waals surface area contributed by atoms with Crippen LogP contribution in [0.4, 0.5) is 0 Å². The second-order valence-corrected chi connectivity index (χ2v) is 11.1. The Balaban J connectivity index is 1.66. The van der Waals surface area contributed by atoms with Gasteiger partial charge in [0.2, 0.25) is 0 Å². The lowest BCUT2D eigenvalue weighted by Gasteiger charge is -2.24. The van der Waals surface area contributed by atoms with Gasteiger partial charge in [-0.25, -0.2) is 0 Å². The van der Waals surface area contributed by atoms with E-state index >= 15 is 0 Å². The fourth-order valence-electron chi connectivity index (χ4n) is 3.10. The third-order valence-corrected chi connectivity index (χ3v) is 8.19. The molecule has 0 amide bonds. The Morgan fingerprint density at radius 2 is 1.29 bits per heavy atom. The molecule has 0 aliphatic carbocycles. The fourth-order valence-corrected chi connectivity index (χ4v) is 6.35. The number of benzene rings is 3. The van der Waals surface area contributed by atoms with E-state index in [-0.39, 0.29) is 8.96 Å². The third kappa shape index (κ3) is 10.5. The highest BCUT2D eigenvalue weighted by Gasteiger charge is 2.22. The summed E-state index contributed by atoms with van der Waals surface area (Å²) in [5.41, 5.74) is 2.93. The molecule has 0 spiro atoms. The van der Waals surface area contributed by atoms with Crippen LogP contribution in [-0.4, -0.2) is 32.5 Å². The van der Waals surface area contributed by atoms with E-state index in [9.17, 15) is 0 Å². The molecule has 0 bridgehead atoms. The summed E-state index contributed by atoms with van der Waals surface area (Å²) >= 11 is 0. The van der Waals surface area contributed by atoms with Crippen molar-refractivity contribution in [2.24, 2.45) is 4.52 Å². The van der Waals surface area contributed by atoms with Gasteiger partial charge in [0.1, 0.15) is 26.2 Å². The minimum absolute atomic E-state index is 0.139. The molecule has 3 aromatic rings. The molecule has 0 aliphatic rings. The highest BCUT2D eigenvalue weighted by atomic mass is 31.2. The summed E-state index contributed by atoms with van der Waals surface area (Å²) in [6.07, 6.45) is 0. The zero-order valence-corrected chi connectivity index (χ0v) is 24.7. The Morgan fingerprint density at radius 3 is 1.82 bits per heavy atom. The highest BCUT2D eigenvalue weighted by Crippen LogP contribution is 2.53. The van der Waals surface area contributed by atoms with Crippen LogP contribution in [0.3, 0.4) is 0 Å². The SMILES string of the molecule is CCON(POCc1cccc(OC)c1)P(N=POCc1cccc(OC)c1)OCc1cccc(OC)c1. The summed E-state index contributed by atoms with van der Waals surface area (Å²) in [4.78, 5) is 5.87. The average Bonchev–Trinajstić information content (AvgIpc) is 2.96. The Kier molecular flexibility index (Phi) is 13.9. The molecule has 12 heteroatoms. The van der Waals surface area contributed by atoms with Crippen LogP contribution >= 0.6 is 26.0 Å². The molecule has 0 saturated heterocycles. The molecular formula is C26H33N2O7P3. The molecule has 0 heterocycles. The summed E-state index contributed by atoms with van der Waals surface area (Å²) in [6.45, 7) is 3.44. The normalized spacial score (nSPS) is 12.4. The molecule has 0 fully saturated rings. The summed E-state index contributed by atoms with van der Waals surface area (Å²) in [7, 11) is 3.64. The van der Waals surface area contributed by atoms with Gasteiger partial charge in [0.25, 0.3) is 8.45 Å². The maximum absolute atomic E-state index is 6.21. The molecule has 204 valence electrons. The van der Waals surface area contributed by atoms with E-state index in [4.69, 9.17) is 32.6 Å². The van der Waals surface area contributed by atoms with Crippen molar-refractivity contribution >= 4 is 26.0 Å². The highest BCUT2D eigenvalue weighted by molar-refractivity contribution is 7.59. The van der Waals surface area contributed by atoms with Gasteiger partial charge in [-0.1, -0.05) is 41.0 Å². The van der Waals surface area contributed by atoms with E-state index in [0.717, 1.165) is 33.9 Å². The van der Waals surface area contributed by atoms with E-state index in [0.29, 0.717) is 35.0 Å². The van der Waals surface area contributed by atoms with Crippen molar-refractivity contribution in [1.29, 1.82) is 0 Å². The second kappa shape index (κ2) is 17.4. The number of nitrogens with zero attached hydrogens (tertiary/aromatic N) is 2. The smallest absolute Gasteiger partial charge is 0.275 e. The largest absolute Gasteiger partial charge is 0.497 e. The molecule has 0 radical (unpaired) electrons. The molecule has 0 aromatic heterocycles. The van der Waals surface area contributed by atoms with Gasteiger partial charge in [-0.3, -0.25) is 4.84 Å². The summed E-state index contributed by atoms with van der Waals surface area (Å²) in [5.74, 6) is 2.32. The first-order chi connectivity index (χ1) is 18.6. The van der Waals surface area contributed by atoms with Crippen LogP contribution in [-0.2, 0) is 38.2 Å². The topological polar surface area (TPSA) is 80.2 Å². The minimum atomic E-state index is -1.55. The lowest BCUT2D eigenvalue weighted by atomic mass is 10.2. The minimum Gasteiger partial charge on any atom is -0.497 e. The molecule has 9 nitrogen and oxygen atoms in total. The fraction of sp³-hybridized carbons (Fsp3) is 0.308. The van der Waals surface area contributed by atoms with Crippen molar-refractivity contribution in [2.75, 3.05) is 27.9 Å². The van der Waals surface area contributed by atoms with Gasteiger partial charge in [-0.05, 0) is 60.0 Å². The molecule has 0 N–H and O–H groups in total. The van der Waals surface area contributed by atoms with Crippen LogP contribution in [0.2, 0.25) is 0 Å². The van der Waals surface area contributed by atoms with Crippen molar-refractivity contribution in [2.45, 2.75) is 26.7 Å². The van der Waals surface area contributed by atoms with Crippen molar-refractivity contribution in [3.05, 3.63) is 89.5 Å². The van der Waals surface area contributed by atoms with E-state index in [1.807, 2.05) is 79.7 Å². The van der Waals surface area contributed by atoms with Crippen LogP contribution < -0.4 is 14.2 Å². The first kappa shape index (κ1) is 30.4. The van der Waals surface area contributed by atoms with Gasteiger partial charge in [-0.2, -0.15) is 4.52 Å². The molecule has 2 unspecified atom stereocenters. The van der Waals surface area contributed by atoms with Crippen molar-refractivity contribution < 1.29 is 32.6 Å². The van der Waals surface area contributed by atoms with E-state index in [1.54, 1.807) is 25.9 Å². The number of hydrogen-bond acceptors (Lipinski definition) is 9. The van der Waals surface area contributed by atoms with Crippen LogP contribution in [0.25, 0.3) is 0 Å². The second-order valence-electron chi connectivity index (χ2n) is 7.60. The van der Waals surface area contributed by atoms with Crippen LogP contribution in [0.1, 0.15) is 23.6 Å².